The molecule has 1 aliphatic carbocycles. The van der Waals surface area contributed by atoms with Crippen molar-refractivity contribution in [1.82, 2.24) is 4.72 Å². The van der Waals surface area contributed by atoms with Gasteiger partial charge in [-0.15, -0.1) is 0 Å². The third-order valence-electron chi connectivity index (χ3n) is 4.79. The lowest BCUT2D eigenvalue weighted by Gasteiger charge is -2.31. The number of ether oxygens (including phenoxy) is 2. The number of halogens is 3. The van der Waals surface area contributed by atoms with Crippen molar-refractivity contribution < 1.29 is 35.9 Å². The van der Waals surface area contributed by atoms with Gasteiger partial charge in [0.25, 0.3) is 10.0 Å². The van der Waals surface area contributed by atoms with E-state index in [9.17, 15) is 26.4 Å². The number of carbonyl (C=O) groups is 1. The molecule has 1 aliphatic heterocycles. The normalized spacial score (nSPS) is 23.4. The number of alkyl halides is 3. The molecule has 0 radical (unpaired) electrons. The molecular weight excluding hydrogens is 387 g/mol. The molecule has 3 rings (SSSR count). The molecule has 1 amide bonds. The van der Waals surface area contributed by atoms with E-state index in [1.54, 1.807) is 4.72 Å². The van der Waals surface area contributed by atoms with E-state index in [4.69, 9.17) is 9.47 Å². The summed E-state index contributed by atoms with van der Waals surface area (Å²) in [4.78, 5) is 12.1. The lowest BCUT2D eigenvalue weighted by atomic mass is 9.78. The summed E-state index contributed by atoms with van der Waals surface area (Å²) in [5.74, 6) is -3.76. The van der Waals surface area contributed by atoms with Gasteiger partial charge in [0.15, 0.2) is 11.5 Å². The SMILES string of the molecule is O=C(NS(=O)(=O)c1ccc2c(c1)OCCCO2)[C@H]1CCCC[C@H]1C(F)(F)F. The highest BCUT2D eigenvalue weighted by Crippen LogP contribution is 2.41. The molecule has 150 valence electrons. The van der Waals surface area contributed by atoms with E-state index in [-0.39, 0.29) is 23.5 Å². The van der Waals surface area contributed by atoms with Gasteiger partial charge in [-0.1, -0.05) is 12.8 Å². The summed E-state index contributed by atoms with van der Waals surface area (Å²) >= 11 is 0. The van der Waals surface area contributed by atoms with E-state index in [0.29, 0.717) is 38.2 Å². The van der Waals surface area contributed by atoms with Gasteiger partial charge in [-0.05, 0) is 25.0 Å². The highest BCUT2D eigenvalue weighted by atomic mass is 32.2. The fraction of sp³-hybridized carbons (Fsp3) is 0.588. The van der Waals surface area contributed by atoms with E-state index >= 15 is 0 Å². The average molecular weight is 407 g/mol. The molecule has 1 aromatic rings. The van der Waals surface area contributed by atoms with Crippen LogP contribution >= 0.6 is 0 Å². The van der Waals surface area contributed by atoms with E-state index in [1.807, 2.05) is 0 Å². The lowest BCUT2D eigenvalue weighted by Crippen LogP contribution is -2.44. The summed E-state index contributed by atoms with van der Waals surface area (Å²) in [6.45, 7) is 0.772. The van der Waals surface area contributed by atoms with E-state index in [1.165, 1.54) is 18.2 Å². The van der Waals surface area contributed by atoms with Crippen LogP contribution < -0.4 is 14.2 Å². The number of amides is 1. The predicted octanol–water partition coefficient (Wildman–Crippen LogP) is 3.02. The van der Waals surface area contributed by atoms with Crippen molar-refractivity contribution in [2.75, 3.05) is 13.2 Å². The topological polar surface area (TPSA) is 81.7 Å². The van der Waals surface area contributed by atoms with Gasteiger partial charge >= 0.3 is 6.18 Å². The molecule has 1 saturated carbocycles. The van der Waals surface area contributed by atoms with Gasteiger partial charge in [0.1, 0.15) is 0 Å². The minimum atomic E-state index is -4.54. The summed E-state index contributed by atoms with van der Waals surface area (Å²) in [5, 5.41) is 0. The van der Waals surface area contributed by atoms with E-state index < -0.39 is 33.9 Å². The number of fused-ring (bicyclic) bond motifs is 1. The van der Waals surface area contributed by atoms with Crippen molar-refractivity contribution in [1.29, 1.82) is 0 Å². The molecule has 0 aromatic heterocycles. The van der Waals surface area contributed by atoms with Crippen molar-refractivity contribution >= 4 is 15.9 Å². The molecule has 0 saturated heterocycles. The number of hydrogen-bond donors (Lipinski definition) is 1. The maximum Gasteiger partial charge on any atom is 0.392 e. The number of benzene rings is 1. The maximum absolute atomic E-state index is 13.2. The molecule has 0 unspecified atom stereocenters. The van der Waals surface area contributed by atoms with Crippen molar-refractivity contribution in [3.8, 4) is 11.5 Å². The first-order valence-electron chi connectivity index (χ1n) is 8.71. The zero-order valence-corrected chi connectivity index (χ0v) is 15.2. The van der Waals surface area contributed by atoms with Crippen molar-refractivity contribution in [2.45, 2.75) is 43.2 Å². The third kappa shape index (κ3) is 4.48. The Kier molecular flexibility index (Phi) is 5.55. The predicted molar refractivity (Wildman–Crippen MR) is 88.9 cm³/mol. The molecule has 1 fully saturated rings. The zero-order chi connectivity index (χ0) is 19.7. The Labute approximate surface area is 155 Å². The van der Waals surface area contributed by atoms with Gasteiger partial charge in [-0.3, -0.25) is 4.79 Å². The first kappa shape index (κ1) is 19.8. The summed E-state index contributed by atoms with van der Waals surface area (Å²) in [7, 11) is -4.33. The monoisotopic (exact) mass is 407 g/mol. The Morgan fingerprint density at radius 3 is 2.41 bits per heavy atom. The Hall–Kier alpha value is -1.97. The van der Waals surface area contributed by atoms with Crippen molar-refractivity contribution in [2.24, 2.45) is 11.8 Å². The summed E-state index contributed by atoms with van der Waals surface area (Å²) in [6.07, 6.45) is -3.26. The highest BCUT2D eigenvalue weighted by molar-refractivity contribution is 7.90. The van der Waals surface area contributed by atoms with Crippen LogP contribution in [0.25, 0.3) is 0 Å². The molecule has 1 N–H and O–H groups in total. The molecule has 6 nitrogen and oxygen atoms in total. The molecule has 0 spiro atoms. The molecule has 0 bridgehead atoms. The number of rotatable bonds is 3. The minimum absolute atomic E-state index is 0.00662. The van der Waals surface area contributed by atoms with Crippen LogP contribution in [0.15, 0.2) is 23.1 Å². The quantitative estimate of drug-likeness (QED) is 0.833. The number of nitrogens with one attached hydrogen (secondary N) is 1. The molecule has 2 atom stereocenters. The van der Waals surface area contributed by atoms with Crippen LogP contribution in [0.2, 0.25) is 0 Å². The number of hydrogen-bond acceptors (Lipinski definition) is 5. The van der Waals surface area contributed by atoms with Crippen LogP contribution in [0.5, 0.6) is 11.5 Å². The fourth-order valence-corrected chi connectivity index (χ4v) is 4.46. The Balaban J connectivity index is 1.79. The Morgan fingerprint density at radius 1 is 1.04 bits per heavy atom. The van der Waals surface area contributed by atoms with Crippen molar-refractivity contribution in [3.63, 3.8) is 0 Å². The molecule has 2 aliphatic rings. The van der Waals surface area contributed by atoms with Gasteiger partial charge in [0.05, 0.1) is 29.9 Å². The van der Waals surface area contributed by atoms with E-state index in [2.05, 4.69) is 0 Å². The zero-order valence-electron chi connectivity index (χ0n) is 14.4. The molecular formula is C17H20F3NO5S. The summed E-state index contributed by atoms with van der Waals surface area (Å²) < 4.78 is 77.2. The van der Waals surface area contributed by atoms with E-state index in [0.717, 1.165) is 0 Å². The second kappa shape index (κ2) is 7.57. The van der Waals surface area contributed by atoms with Crippen LogP contribution in [-0.4, -0.2) is 33.7 Å². The number of sulfonamides is 1. The summed E-state index contributed by atoms with van der Waals surface area (Å²) in [5.41, 5.74) is 0. The van der Waals surface area contributed by atoms with Crippen LogP contribution in [0.1, 0.15) is 32.1 Å². The maximum atomic E-state index is 13.2. The second-order valence-corrected chi connectivity index (χ2v) is 8.35. The van der Waals surface area contributed by atoms with Gasteiger partial charge in [-0.2, -0.15) is 13.2 Å². The molecule has 10 heteroatoms. The van der Waals surface area contributed by atoms with Crippen LogP contribution in [0.3, 0.4) is 0 Å². The minimum Gasteiger partial charge on any atom is -0.490 e. The lowest BCUT2D eigenvalue weighted by molar-refractivity contribution is -0.197. The van der Waals surface area contributed by atoms with Crippen LogP contribution in [-0.2, 0) is 14.8 Å². The first-order valence-corrected chi connectivity index (χ1v) is 10.2. The number of carbonyl (C=O) groups excluding carboxylic acids is 1. The molecule has 1 aromatic carbocycles. The fourth-order valence-electron chi connectivity index (χ4n) is 3.41. The average Bonchev–Trinajstić information content (AvgIpc) is 2.85. The largest absolute Gasteiger partial charge is 0.490 e. The summed E-state index contributed by atoms with van der Waals surface area (Å²) in [6, 6.07) is 3.84. The van der Waals surface area contributed by atoms with Gasteiger partial charge < -0.3 is 9.47 Å². The second-order valence-electron chi connectivity index (χ2n) is 6.67. The van der Waals surface area contributed by atoms with Crippen LogP contribution in [0.4, 0.5) is 13.2 Å². The third-order valence-corrected chi connectivity index (χ3v) is 6.13. The molecule has 27 heavy (non-hydrogen) atoms. The van der Waals surface area contributed by atoms with Gasteiger partial charge in [0.2, 0.25) is 5.91 Å². The Morgan fingerprint density at radius 2 is 1.70 bits per heavy atom. The Bertz CT molecular complexity index is 809. The van der Waals surface area contributed by atoms with Crippen molar-refractivity contribution in [3.05, 3.63) is 18.2 Å². The van der Waals surface area contributed by atoms with Gasteiger partial charge in [-0.25, -0.2) is 13.1 Å². The van der Waals surface area contributed by atoms with Crippen LogP contribution in [0, 0.1) is 11.8 Å². The van der Waals surface area contributed by atoms with Gasteiger partial charge in [0, 0.05) is 12.5 Å². The molecule has 1 heterocycles. The first-order chi connectivity index (χ1) is 12.7. The highest BCUT2D eigenvalue weighted by Gasteiger charge is 2.48. The standard InChI is InChI=1S/C17H20F3NO5S/c18-17(19,20)13-5-2-1-4-12(13)16(22)21-27(23,24)11-6-7-14-15(10-11)26-9-3-8-25-14/h6-7,10,12-13H,1-5,8-9H2,(H,21,22)/t12-,13+/m0/s1. The smallest absolute Gasteiger partial charge is 0.392 e.